The Bertz CT molecular complexity index is 848. The first kappa shape index (κ1) is 18.0. The van der Waals surface area contributed by atoms with Gasteiger partial charge in [0.1, 0.15) is 18.4 Å². The maximum absolute atomic E-state index is 13.0. The van der Waals surface area contributed by atoms with Crippen LogP contribution in [0.5, 0.6) is 0 Å². The number of alkyl halides is 2. The first-order valence-electron chi connectivity index (χ1n) is 8.93. The van der Waals surface area contributed by atoms with Gasteiger partial charge < -0.3 is 10.2 Å². The number of nitrogens with one attached hydrogen (secondary N) is 2. The molecule has 0 bridgehead atoms. The summed E-state index contributed by atoms with van der Waals surface area (Å²) in [5.41, 5.74) is 1.93. The number of fused-ring (bicyclic) bond motifs is 1. The number of aryl methyl sites for hydroxylation is 1. The molecule has 27 heavy (non-hydrogen) atoms. The van der Waals surface area contributed by atoms with Crippen LogP contribution in [0.3, 0.4) is 0 Å². The van der Waals surface area contributed by atoms with Crippen molar-refractivity contribution in [1.29, 1.82) is 0 Å². The van der Waals surface area contributed by atoms with E-state index >= 15 is 0 Å². The van der Waals surface area contributed by atoms with Gasteiger partial charge in [-0.15, -0.1) is 0 Å². The van der Waals surface area contributed by atoms with Crippen molar-refractivity contribution in [2.24, 2.45) is 0 Å². The maximum Gasteiger partial charge on any atom is 0.254 e. The third-order valence-electron chi connectivity index (χ3n) is 5.23. The number of hydrogen-bond donors (Lipinski definition) is 2. The molecule has 2 fully saturated rings. The van der Waals surface area contributed by atoms with E-state index in [0.29, 0.717) is 32.0 Å². The second kappa shape index (κ2) is 6.97. The molecular weight excluding hydrogens is 358 g/mol. The van der Waals surface area contributed by atoms with E-state index in [1.54, 1.807) is 4.52 Å². The monoisotopic (exact) mass is 380 g/mol. The number of aromatic nitrogens is 4. The normalized spacial score (nSPS) is 24.6. The van der Waals surface area contributed by atoms with Crippen LogP contribution in [0.2, 0.25) is 0 Å². The van der Waals surface area contributed by atoms with Crippen LogP contribution in [0, 0.1) is 13.8 Å². The number of rotatable bonds is 3. The fourth-order valence-electron chi connectivity index (χ4n) is 3.65. The maximum atomic E-state index is 13.0. The molecule has 1 amide bonds. The van der Waals surface area contributed by atoms with Crippen LogP contribution in [-0.4, -0.2) is 75.3 Å². The van der Waals surface area contributed by atoms with E-state index in [9.17, 15) is 13.6 Å². The Hall–Kier alpha value is -2.40. The fourth-order valence-corrected chi connectivity index (χ4v) is 3.65. The van der Waals surface area contributed by atoms with E-state index in [0.717, 1.165) is 17.1 Å². The molecule has 2 aliphatic rings. The van der Waals surface area contributed by atoms with E-state index in [-0.39, 0.29) is 12.3 Å². The largest absolute Gasteiger partial charge is 0.354 e. The molecule has 0 aliphatic carbocycles. The molecule has 4 heterocycles. The molecule has 4 rings (SSSR count). The highest BCUT2D eigenvalue weighted by Crippen LogP contribution is 2.24. The minimum absolute atomic E-state index is 0.200. The summed E-state index contributed by atoms with van der Waals surface area (Å²) in [5, 5.41) is 9.88. The SMILES string of the molecule is Cc1nc2ncnn2c(N2CCN(C3NC(=O)CC(C(F)F)N3)CC2)c1C. The number of anilines is 1. The van der Waals surface area contributed by atoms with Gasteiger partial charge >= 0.3 is 0 Å². The van der Waals surface area contributed by atoms with Gasteiger partial charge in [-0.1, -0.05) is 0 Å². The number of hydrogen-bond acceptors (Lipinski definition) is 7. The van der Waals surface area contributed by atoms with E-state index in [1.807, 2.05) is 18.7 Å². The molecule has 0 radical (unpaired) electrons. The number of piperazine rings is 1. The van der Waals surface area contributed by atoms with E-state index in [2.05, 4.69) is 30.6 Å². The third-order valence-corrected chi connectivity index (χ3v) is 5.23. The summed E-state index contributed by atoms with van der Waals surface area (Å²) in [4.78, 5) is 24.5. The van der Waals surface area contributed by atoms with Gasteiger partial charge in [0.15, 0.2) is 0 Å². The summed E-state index contributed by atoms with van der Waals surface area (Å²) in [6.45, 7) is 6.52. The van der Waals surface area contributed by atoms with Crippen molar-refractivity contribution < 1.29 is 13.6 Å². The lowest BCUT2D eigenvalue weighted by Gasteiger charge is -2.43. The average Bonchev–Trinajstić information content (AvgIpc) is 3.10. The molecule has 0 spiro atoms. The zero-order valence-electron chi connectivity index (χ0n) is 15.2. The van der Waals surface area contributed by atoms with Gasteiger partial charge in [0.05, 0.1) is 6.04 Å². The van der Waals surface area contributed by atoms with Crippen molar-refractivity contribution in [3.8, 4) is 0 Å². The lowest BCUT2D eigenvalue weighted by Crippen LogP contribution is -2.67. The first-order valence-corrected chi connectivity index (χ1v) is 8.93. The summed E-state index contributed by atoms with van der Waals surface area (Å²) < 4.78 is 27.8. The van der Waals surface area contributed by atoms with Gasteiger partial charge in [0.2, 0.25) is 5.91 Å². The standard InChI is InChI=1S/C16H22F2N8O/c1-9-10(2)21-15-19-8-20-26(15)14(9)24-3-5-25(6-4-24)16-22-11(13(17)18)7-12(27)23-16/h8,11,13,16,22H,3-7H2,1-2H3,(H,23,27). The summed E-state index contributed by atoms with van der Waals surface area (Å²) in [7, 11) is 0. The Morgan fingerprint density at radius 2 is 1.96 bits per heavy atom. The predicted molar refractivity (Wildman–Crippen MR) is 93.5 cm³/mol. The topological polar surface area (TPSA) is 90.7 Å². The molecule has 2 unspecified atom stereocenters. The molecular formula is C16H22F2N8O. The Morgan fingerprint density at radius 3 is 2.67 bits per heavy atom. The quantitative estimate of drug-likeness (QED) is 0.768. The van der Waals surface area contributed by atoms with Crippen LogP contribution in [0.15, 0.2) is 6.33 Å². The summed E-state index contributed by atoms with van der Waals surface area (Å²) in [6, 6.07) is -1.11. The van der Waals surface area contributed by atoms with Gasteiger partial charge in [-0.05, 0) is 13.8 Å². The van der Waals surface area contributed by atoms with Crippen LogP contribution < -0.4 is 15.5 Å². The average molecular weight is 380 g/mol. The van der Waals surface area contributed by atoms with Crippen LogP contribution in [-0.2, 0) is 4.79 Å². The van der Waals surface area contributed by atoms with Crippen molar-refractivity contribution in [2.45, 2.75) is 39.0 Å². The second-order valence-electron chi connectivity index (χ2n) is 6.92. The predicted octanol–water partition coefficient (Wildman–Crippen LogP) is -0.110. The van der Waals surface area contributed by atoms with Crippen molar-refractivity contribution in [2.75, 3.05) is 31.1 Å². The first-order chi connectivity index (χ1) is 12.9. The molecule has 0 aromatic carbocycles. The minimum Gasteiger partial charge on any atom is -0.354 e. The Balaban J connectivity index is 1.49. The molecule has 2 saturated heterocycles. The Labute approximate surface area is 154 Å². The molecule has 9 nitrogen and oxygen atoms in total. The van der Waals surface area contributed by atoms with Gasteiger partial charge in [0.25, 0.3) is 12.2 Å². The van der Waals surface area contributed by atoms with E-state index in [4.69, 9.17) is 0 Å². The van der Waals surface area contributed by atoms with Crippen molar-refractivity contribution >= 4 is 17.5 Å². The van der Waals surface area contributed by atoms with Crippen molar-refractivity contribution in [3.63, 3.8) is 0 Å². The number of amides is 1. The smallest absolute Gasteiger partial charge is 0.254 e. The highest BCUT2D eigenvalue weighted by molar-refractivity contribution is 5.77. The summed E-state index contributed by atoms with van der Waals surface area (Å²) >= 11 is 0. The second-order valence-corrected chi connectivity index (χ2v) is 6.92. The molecule has 0 saturated carbocycles. The molecule has 2 aromatic rings. The van der Waals surface area contributed by atoms with E-state index < -0.39 is 18.8 Å². The number of carbonyl (C=O) groups excluding carboxylic acids is 1. The van der Waals surface area contributed by atoms with Crippen LogP contribution in [0.4, 0.5) is 14.6 Å². The number of halogens is 2. The molecule has 146 valence electrons. The zero-order chi connectivity index (χ0) is 19.1. The summed E-state index contributed by atoms with van der Waals surface area (Å²) in [6.07, 6.45) is -1.86. The molecule has 2 atom stereocenters. The highest BCUT2D eigenvalue weighted by Gasteiger charge is 2.35. The highest BCUT2D eigenvalue weighted by atomic mass is 19.3. The molecule has 2 aliphatic heterocycles. The summed E-state index contributed by atoms with van der Waals surface area (Å²) in [5.74, 6) is 1.15. The van der Waals surface area contributed by atoms with Crippen molar-refractivity contribution in [1.82, 2.24) is 35.1 Å². The van der Waals surface area contributed by atoms with Gasteiger partial charge in [-0.3, -0.25) is 15.0 Å². The molecule has 2 N–H and O–H groups in total. The molecule has 2 aromatic heterocycles. The number of carbonyl (C=O) groups is 1. The Morgan fingerprint density at radius 1 is 1.22 bits per heavy atom. The third kappa shape index (κ3) is 3.32. The number of nitrogens with zero attached hydrogens (tertiary/aromatic N) is 6. The van der Waals surface area contributed by atoms with Crippen LogP contribution >= 0.6 is 0 Å². The van der Waals surface area contributed by atoms with Gasteiger partial charge in [-0.2, -0.15) is 14.6 Å². The lowest BCUT2D eigenvalue weighted by molar-refractivity contribution is -0.129. The van der Waals surface area contributed by atoms with Crippen LogP contribution in [0.25, 0.3) is 5.78 Å². The van der Waals surface area contributed by atoms with Gasteiger partial charge in [-0.25, -0.2) is 13.8 Å². The van der Waals surface area contributed by atoms with Gasteiger partial charge in [0, 0.05) is 43.9 Å². The van der Waals surface area contributed by atoms with Crippen molar-refractivity contribution in [3.05, 3.63) is 17.6 Å². The lowest BCUT2D eigenvalue weighted by atomic mass is 10.1. The fraction of sp³-hybridized carbons (Fsp3) is 0.625. The minimum atomic E-state index is -2.57. The van der Waals surface area contributed by atoms with E-state index in [1.165, 1.54) is 6.33 Å². The van der Waals surface area contributed by atoms with Crippen LogP contribution in [0.1, 0.15) is 17.7 Å². The molecule has 11 heteroatoms. The Kier molecular flexibility index (Phi) is 4.64. The zero-order valence-corrected chi connectivity index (χ0v) is 15.2.